The van der Waals surface area contributed by atoms with E-state index in [9.17, 15) is 0 Å². The molecular formula is C20H25N. The molecule has 0 saturated heterocycles. The van der Waals surface area contributed by atoms with Gasteiger partial charge in [0, 0.05) is 6.04 Å². The Morgan fingerprint density at radius 3 is 2.62 bits per heavy atom. The average molecular weight is 279 g/mol. The monoisotopic (exact) mass is 279 g/mol. The zero-order valence-electron chi connectivity index (χ0n) is 13.1. The van der Waals surface area contributed by atoms with Gasteiger partial charge in [-0.1, -0.05) is 61.0 Å². The summed E-state index contributed by atoms with van der Waals surface area (Å²) in [5, 5.41) is 3.77. The van der Waals surface area contributed by atoms with Gasteiger partial charge >= 0.3 is 0 Å². The Balaban J connectivity index is 1.63. The van der Waals surface area contributed by atoms with Gasteiger partial charge in [0.05, 0.1) is 0 Å². The minimum atomic E-state index is 0.530. The van der Waals surface area contributed by atoms with Crippen molar-refractivity contribution in [2.24, 2.45) is 0 Å². The normalized spacial score (nSPS) is 21.0. The number of benzene rings is 2. The van der Waals surface area contributed by atoms with Crippen LogP contribution in [0.15, 0.2) is 48.5 Å². The van der Waals surface area contributed by atoms with E-state index in [0.717, 1.165) is 13.0 Å². The molecule has 0 bridgehead atoms. The molecule has 1 nitrogen and oxygen atoms in total. The first-order chi connectivity index (χ1) is 10.2. The number of hydrogen-bond donors (Lipinski definition) is 1. The fourth-order valence-electron chi connectivity index (χ4n) is 3.48. The van der Waals surface area contributed by atoms with Crippen LogP contribution in [0.3, 0.4) is 0 Å². The van der Waals surface area contributed by atoms with Gasteiger partial charge in [-0.15, -0.1) is 0 Å². The molecule has 1 aliphatic rings. The van der Waals surface area contributed by atoms with Crippen molar-refractivity contribution in [3.8, 4) is 0 Å². The first-order valence-corrected chi connectivity index (χ1v) is 8.12. The minimum absolute atomic E-state index is 0.530. The van der Waals surface area contributed by atoms with Gasteiger partial charge in [-0.05, 0) is 55.3 Å². The first-order valence-electron chi connectivity index (χ1n) is 8.12. The fraction of sp³-hybridized carbons (Fsp3) is 0.400. The van der Waals surface area contributed by atoms with E-state index in [4.69, 9.17) is 0 Å². The summed E-state index contributed by atoms with van der Waals surface area (Å²) in [5.74, 6) is 0.705. The van der Waals surface area contributed by atoms with Gasteiger partial charge in [-0.2, -0.15) is 0 Å². The third kappa shape index (κ3) is 3.36. The Kier molecular flexibility index (Phi) is 4.40. The van der Waals surface area contributed by atoms with Crippen molar-refractivity contribution >= 4 is 0 Å². The van der Waals surface area contributed by atoms with E-state index in [1.165, 1.54) is 35.1 Å². The highest BCUT2D eigenvalue weighted by Gasteiger charge is 2.23. The average Bonchev–Trinajstić information content (AvgIpc) is 2.50. The SMILES string of the molecule is Cc1cccc(CCNC2CCC(C)c3ccccc32)c1. The zero-order chi connectivity index (χ0) is 14.7. The smallest absolute Gasteiger partial charge is 0.0323 e. The summed E-state index contributed by atoms with van der Waals surface area (Å²) in [7, 11) is 0. The molecule has 0 fully saturated rings. The molecule has 0 amide bonds. The summed E-state index contributed by atoms with van der Waals surface area (Å²) in [6.45, 7) is 5.56. The van der Waals surface area contributed by atoms with Crippen molar-refractivity contribution in [3.05, 3.63) is 70.8 Å². The highest BCUT2D eigenvalue weighted by atomic mass is 14.9. The lowest BCUT2D eigenvalue weighted by molar-refractivity contribution is 0.434. The predicted molar refractivity (Wildman–Crippen MR) is 89.7 cm³/mol. The van der Waals surface area contributed by atoms with Gasteiger partial charge in [0.25, 0.3) is 0 Å². The van der Waals surface area contributed by atoms with Crippen LogP contribution >= 0.6 is 0 Å². The summed E-state index contributed by atoms with van der Waals surface area (Å²) < 4.78 is 0. The molecule has 1 N–H and O–H groups in total. The van der Waals surface area contributed by atoms with E-state index in [1.54, 1.807) is 0 Å². The van der Waals surface area contributed by atoms with Crippen LogP contribution in [0.5, 0.6) is 0 Å². The maximum Gasteiger partial charge on any atom is 0.0323 e. The van der Waals surface area contributed by atoms with Gasteiger partial charge in [-0.25, -0.2) is 0 Å². The van der Waals surface area contributed by atoms with Crippen LogP contribution in [0.1, 0.15) is 54.0 Å². The van der Waals surface area contributed by atoms with Gasteiger partial charge in [-0.3, -0.25) is 0 Å². The molecule has 0 heterocycles. The van der Waals surface area contributed by atoms with E-state index < -0.39 is 0 Å². The number of aryl methyl sites for hydroxylation is 1. The molecule has 0 radical (unpaired) electrons. The lowest BCUT2D eigenvalue weighted by atomic mass is 9.81. The highest BCUT2D eigenvalue weighted by molar-refractivity contribution is 5.35. The molecule has 2 aromatic rings. The van der Waals surface area contributed by atoms with Gasteiger partial charge in [0.15, 0.2) is 0 Å². The van der Waals surface area contributed by atoms with Crippen molar-refractivity contribution in [1.29, 1.82) is 0 Å². The molecule has 1 aliphatic carbocycles. The zero-order valence-corrected chi connectivity index (χ0v) is 13.1. The van der Waals surface area contributed by atoms with E-state index in [1.807, 2.05) is 0 Å². The molecule has 21 heavy (non-hydrogen) atoms. The van der Waals surface area contributed by atoms with Crippen LogP contribution in [0.25, 0.3) is 0 Å². The minimum Gasteiger partial charge on any atom is -0.310 e. The summed E-state index contributed by atoms with van der Waals surface area (Å²) in [6, 6.07) is 18.3. The maximum absolute atomic E-state index is 3.77. The van der Waals surface area contributed by atoms with Gasteiger partial charge < -0.3 is 5.32 Å². The van der Waals surface area contributed by atoms with Crippen LogP contribution in [0, 0.1) is 6.92 Å². The Labute approximate surface area is 128 Å². The Bertz CT molecular complexity index is 602. The lowest BCUT2D eigenvalue weighted by Gasteiger charge is -2.30. The molecule has 110 valence electrons. The first kappa shape index (κ1) is 14.3. The quantitative estimate of drug-likeness (QED) is 0.850. The van der Waals surface area contributed by atoms with Crippen LogP contribution < -0.4 is 5.32 Å². The molecule has 2 aromatic carbocycles. The summed E-state index contributed by atoms with van der Waals surface area (Å²) >= 11 is 0. The standard InChI is InChI=1S/C20H25N/c1-15-6-5-7-17(14-15)12-13-21-20-11-10-16(2)18-8-3-4-9-19(18)20/h3-9,14,16,20-21H,10-13H2,1-2H3. The number of fused-ring (bicyclic) bond motifs is 1. The fourth-order valence-corrected chi connectivity index (χ4v) is 3.48. The highest BCUT2D eigenvalue weighted by Crippen LogP contribution is 2.36. The number of nitrogens with one attached hydrogen (secondary N) is 1. The van der Waals surface area contributed by atoms with Gasteiger partial charge in [0.2, 0.25) is 0 Å². The van der Waals surface area contributed by atoms with Crippen LogP contribution in [-0.4, -0.2) is 6.54 Å². The Morgan fingerprint density at radius 2 is 1.81 bits per heavy atom. The Hall–Kier alpha value is -1.60. The third-order valence-corrected chi connectivity index (χ3v) is 4.68. The second-order valence-corrected chi connectivity index (χ2v) is 6.35. The van der Waals surface area contributed by atoms with E-state index in [0.29, 0.717) is 12.0 Å². The lowest BCUT2D eigenvalue weighted by Crippen LogP contribution is -2.27. The van der Waals surface area contributed by atoms with Crippen molar-refractivity contribution in [2.45, 2.75) is 45.1 Å². The molecule has 1 heteroatoms. The third-order valence-electron chi connectivity index (χ3n) is 4.68. The van der Waals surface area contributed by atoms with Crippen LogP contribution in [0.4, 0.5) is 0 Å². The van der Waals surface area contributed by atoms with Crippen molar-refractivity contribution in [3.63, 3.8) is 0 Å². The molecule has 3 rings (SSSR count). The predicted octanol–water partition coefficient (Wildman–Crippen LogP) is 4.77. The Morgan fingerprint density at radius 1 is 1.00 bits per heavy atom. The molecule has 2 atom stereocenters. The molecule has 0 saturated carbocycles. The topological polar surface area (TPSA) is 12.0 Å². The molecule has 0 spiro atoms. The molecule has 2 unspecified atom stereocenters. The van der Waals surface area contributed by atoms with E-state index >= 15 is 0 Å². The van der Waals surface area contributed by atoms with Gasteiger partial charge in [0.1, 0.15) is 0 Å². The second kappa shape index (κ2) is 6.44. The van der Waals surface area contributed by atoms with E-state index in [-0.39, 0.29) is 0 Å². The maximum atomic E-state index is 3.77. The number of rotatable bonds is 4. The largest absolute Gasteiger partial charge is 0.310 e. The summed E-state index contributed by atoms with van der Waals surface area (Å²) in [4.78, 5) is 0. The molecular weight excluding hydrogens is 254 g/mol. The second-order valence-electron chi connectivity index (χ2n) is 6.35. The molecule has 0 aromatic heterocycles. The summed E-state index contributed by atoms with van der Waals surface area (Å²) in [5.41, 5.74) is 5.83. The molecule has 0 aliphatic heterocycles. The number of hydrogen-bond acceptors (Lipinski definition) is 1. The summed E-state index contributed by atoms with van der Waals surface area (Å²) in [6.07, 6.45) is 3.65. The van der Waals surface area contributed by atoms with Crippen LogP contribution in [-0.2, 0) is 6.42 Å². The van der Waals surface area contributed by atoms with Crippen LogP contribution in [0.2, 0.25) is 0 Å². The van der Waals surface area contributed by atoms with Crippen molar-refractivity contribution < 1.29 is 0 Å². The van der Waals surface area contributed by atoms with E-state index in [2.05, 4.69) is 67.7 Å². The van der Waals surface area contributed by atoms with Crippen molar-refractivity contribution in [1.82, 2.24) is 5.32 Å². The van der Waals surface area contributed by atoms with Crippen molar-refractivity contribution in [2.75, 3.05) is 6.54 Å².